The van der Waals surface area contributed by atoms with E-state index in [9.17, 15) is 18.9 Å². The van der Waals surface area contributed by atoms with E-state index in [1.165, 1.54) is 32.5 Å². The molecule has 1 fully saturated rings. The molecule has 0 saturated carbocycles. The van der Waals surface area contributed by atoms with Crippen LogP contribution in [0.5, 0.6) is 0 Å². The summed E-state index contributed by atoms with van der Waals surface area (Å²) in [5.41, 5.74) is -0.678. The van der Waals surface area contributed by atoms with Gasteiger partial charge in [0.05, 0.1) is 6.04 Å². The Kier molecular flexibility index (Phi) is 11.4. The topological polar surface area (TPSA) is 123 Å². The normalized spacial score (nSPS) is 33.9. The number of hydrogen-bond donors (Lipinski definition) is 1. The van der Waals surface area contributed by atoms with E-state index in [4.69, 9.17) is 18.9 Å². The summed E-state index contributed by atoms with van der Waals surface area (Å²) in [5, 5.41) is 0. The van der Waals surface area contributed by atoms with Crippen molar-refractivity contribution in [2.24, 2.45) is 5.92 Å². The third-order valence-electron chi connectivity index (χ3n) is 5.64. The van der Waals surface area contributed by atoms with Gasteiger partial charge in [-0.1, -0.05) is 19.1 Å². The zero-order valence-corrected chi connectivity index (χ0v) is 23.2. The zero-order valence-electron chi connectivity index (χ0n) is 21.6. The van der Waals surface area contributed by atoms with Gasteiger partial charge in [0.25, 0.3) is 0 Å². The van der Waals surface area contributed by atoms with E-state index < -0.39 is 69.9 Å². The Morgan fingerprint density at radius 1 is 1.00 bits per heavy atom. The first-order chi connectivity index (χ1) is 16.3. The van der Waals surface area contributed by atoms with Crippen LogP contribution in [0.1, 0.15) is 67.7 Å². The van der Waals surface area contributed by atoms with Crippen LogP contribution in [-0.4, -0.2) is 68.9 Å². The minimum absolute atomic E-state index is 0.169. The summed E-state index contributed by atoms with van der Waals surface area (Å²) < 4.78 is 39.1. The summed E-state index contributed by atoms with van der Waals surface area (Å²) in [6.07, 6.45) is 2.91. The SMILES string of the molecule is CC(=O)O[C@@H]1[C@H](OC(C)=O)[C@@H](OC(C)=O)[C@@H]2O[C@@H]1[C@H](N[S+]([O-])C(C)(C)C)C(C)/C=C/CCCCS2. The highest BCUT2D eigenvalue weighted by Gasteiger charge is 2.55. The van der Waals surface area contributed by atoms with Crippen LogP contribution in [0, 0.1) is 5.92 Å². The molecule has 11 heteroatoms. The van der Waals surface area contributed by atoms with Crippen LogP contribution in [0.3, 0.4) is 0 Å². The Hall–Kier alpha value is -1.27. The van der Waals surface area contributed by atoms with E-state index in [1.54, 1.807) is 0 Å². The molecular weight excluding hydrogens is 494 g/mol. The van der Waals surface area contributed by atoms with Crippen molar-refractivity contribution in [2.75, 3.05) is 5.75 Å². The van der Waals surface area contributed by atoms with Gasteiger partial charge in [0, 0.05) is 32.1 Å². The number of rotatable bonds is 5. The first-order valence-corrected chi connectivity index (χ1v) is 14.1. The maximum absolute atomic E-state index is 13.2. The summed E-state index contributed by atoms with van der Waals surface area (Å²) in [4.78, 5) is 36.2. The second kappa shape index (κ2) is 13.3. The minimum atomic E-state index is -1.47. The average Bonchev–Trinajstić information content (AvgIpc) is 2.72. The van der Waals surface area contributed by atoms with Crippen LogP contribution in [0.15, 0.2) is 12.2 Å². The van der Waals surface area contributed by atoms with Gasteiger partial charge in [0.1, 0.15) is 16.3 Å². The molecule has 2 unspecified atom stereocenters. The van der Waals surface area contributed by atoms with E-state index in [0.717, 1.165) is 25.0 Å². The van der Waals surface area contributed by atoms with Crippen LogP contribution in [0.2, 0.25) is 0 Å². The molecule has 2 heterocycles. The number of fused-ring (bicyclic) bond motifs is 2. The first kappa shape index (κ1) is 30.0. The van der Waals surface area contributed by atoms with Gasteiger partial charge < -0.3 is 23.5 Å². The van der Waals surface area contributed by atoms with E-state index in [0.29, 0.717) is 0 Å². The van der Waals surface area contributed by atoms with Crippen molar-refractivity contribution in [1.82, 2.24) is 4.72 Å². The van der Waals surface area contributed by atoms with E-state index in [-0.39, 0.29) is 5.92 Å². The number of allylic oxidation sites excluding steroid dienone is 1. The molecule has 2 rings (SSSR count). The molecule has 0 aromatic heterocycles. The first-order valence-electron chi connectivity index (χ1n) is 11.9. The standard InChI is InChI=1S/C24H39NO8S2/c1-14-12-10-8-9-11-13-34-23-22(32-17(4)28)21(31-16(3)27)20(30-15(2)26)19(33-23)18(14)25-35(29)24(5,6)7/h10,12,14,18-23,25H,8-9,11,13H2,1-7H3/b12-10+/t14?,18-,19-,20+,21+,22-,23-,35?/m1/s1. The fourth-order valence-electron chi connectivity index (χ4n) is 4.00. The van der Waals surface area contributed by atoms with Crippen molar-refractivity contribution in [1.29, 1.82) is 0 Å². The Labute approximate surface area is 215 Å². The molecule has 0 spiro atoms. The zero-order chi connectivity index (χ0) is 26.3. The number of hydrogen-bond acceptors (Lipinski definition) is 10. The lowest BCUT2D eigenvalue weighted by molar-refractivity contribution is -0.236. The summed E-state index contributed by atoms with van der Waals surface area (Å²) in [5.74, 6) is -1.21. The van der Waals surface area contributed by atoms with Gasteiger partial charge in [-0.25, -0.2) is 0 Å². The number of ether oxygens (including phenoxy) is 4. The van der Waals surface area contributed by atoms with E-state index in [1.807, 2.05) is 33.8 Å². The molecule has 35 heavy (non-hydrogen) atoms. The number of thioether (sulfide) groups is 1. The lowest BCUT2D eigenvalue weighted by atomic mass is 9.88. The highest BCUT2D eigenvalue weighted by molar-refractivity contribution is 7.99. The summed E-state index contributed by atoms with van der Waals surface area (Å²) >= 11 is -0.00634. The second-order valence-corrected chi connectivity index (χ2v) is 13.1. The highest BCUT2D eigenvalue weighted by atomic mass is 32.2. The summed E-state index contributed by atoms with van der Waals surface area (Å²) in [6, 6.07) is -0.561. The molecule has 8 atom stereocenters. The monoisotopic (exact) mass is 533 g/mol. The van der Waals surface area contributed by atoms with Crippen LogP contribution >= 0.6 is 11.8 Å². The molecule has 1 N–H and O–H groups in total. The fourth-order valence-corrected chi connectivity index (χ4v) is 6.16. The molecule has 0 amide bonds. The smallest absolute Gasteiger partial charge is 0.303 e. The molecule has 2 aliphatic rings. The van der Waals surface area contributed by atoms with Crippen molar-refractivity contribution in [3.8, 4) is 0 Å². The van der Waals surface area contributed by atoms with Crippen LogP contribution in [0.4, 0.5) is 0 Å². The van der Waals surface area contributed by atoms with Gasteiger partial charge in [0.15, 0.2) is 18.3 Å². The van der Waals surface area contributed by atoms with Gasteiger partial charge in [-0.15, -0.1) is 16.5 Å². The predicted octanol–water partition coefficient (Wildman–Crippen LogP) is 3.04. The third kappa shape index (κ3) is 8.96. The van der Waals surface area contributed by atoms with E-state index in [2.05, 4.69) is 10.8 Å². The van der Waals surface area contributed by atoms with Gasteiger partial charge in [-0.05, 0) is 51.7 Å². The van der Waals surface area contributed by atoms with Gasteiger partial charge in [-0.2, -0.15) is 0 Å². The lowest BCUT2D eigenvalue weighted by Crippen LogP contribution is -2.66. The molecule has 2 aliphatic heterocycles. The largest absolute Gasteiger partial charge is 0.598 e. The van der Waals surface area contributed by atoms with Gasteiger partial charge >= 0.3 is 17.9 Å². The van der Waals surface area contributed by atoms with Crippen molar-refractivity contribution >= 4 is 41.0 Å². The van der Waals surface area contributed by atoms with Crippen LogP contribution in [-0.2, 0) is 44.7 Å². The lowest BCUT2D eigenvalue weighted by Gasteiger charge is -2.47. The molecule has 0 radical (unpaired) electrons. The Morgan fingerprint density at radius 3 is 2.14 bits per heavy atom. The second-order valence-electron chi connectivity index (χ2n) is 9.87. The molecule has 0 aromatic rings. The highest BCUT2D eigenvalue weighted by Crippen LogP contribution is 2.37. The molecule has 200 valence electrons. The van der Waals surface area contributed by atoms with Crippen LogP contribution < -0.4 is 4.72 Å². The summed E-state index contributed by atoms with van der Waals surface area (Å²) in [6.45, 7) is 11.3. The Balaban J connectivity index is 2.61. The van der Waals surface area contributed by atoms with Crippen molar-refractivity contribution in [2.45, 2.75) is 108 Å². The Bertz CT molecular complexity index is 771. The molecule has 2 bridgehead atoms. The number of esters is 3. The number of nitrogens with one attached hydrogen (secondary N) is 1. The number of carbonyl (C=O) groups excluding carboxylic acids is 3. The Morgan fingerprint density at radius 2 is 1.57 bits per heavy atom. The maximum Gasteiger partial charge on any atom is 0.303 e. The number of carbonyl (C=O) groups is 3. The van der Waals surface area contributed by atoms with Crippen molar-refractivity contribution < 1.29 is 37.9 Å². The quantitative estimate of drug-likeness (QED) is 0.244. The van der Waals surface area contributed by atoms with Crippen molar-refractivity contribution in [3.05, 3.63) is 12.2 Å². The van der Waals surface area contributed by atoms with Gasteiger partial charge in [0.2, 0.25) is 0 Å². The average molecular weight is 534 g/mol. The van der Waals surface area contributed by atoms with Crippen molar-refractivity contribution in [3.63, 3.8) is 0 Å². The minimum Gasteiger partial charge on any atom is -0.598 e. The van der Waals surface area contributed by atoms with Gasteiger partial charge in [-0.3, -0.25) is 14.4 Å². The third-order valence-corrected chi connectivity index (χ3v) is 8.47. The molecule has 0 aromatic carbocycles. The molecule has 9 nitrogen and oxygen atoms in total. The maximum atomic E-state index is 13.2. The van der Waals surface area contributed by atoms with E-state index >= 15 is 0 Å². The summed E-state index contributed by atoms with van der Waals surface area (Å²) in [7, 11) is 0. The molecular formula is C24H39NO8S2. The predicted molar refractivity (Wildman–Crippen MR) is 135 cm³/mol. The van der Waals surface area contributed by atoms with Crippen LogP contribution in [0.25, 0.3) is 0 Å². The molecule has 1 saturated heterocycles. The molecule has 0 aliphatic carbocycles. The fraction of sp³-hybridized carbons (Fsp3) is 0.792.